The van der Waals surface area contributed by atoms with Gasteiger partial charge in [0, 0.05) is 31.5 Å². The van der Waals surface area contributed by atoms with E-state index in [1.54, 1.807) is 6.20 Å². The molecule has 0 saturated carbocycles. The van der Waals surface area contributed by atoms with E-state index in [0.29, 0.717) is 12.2 Å². The minimum Gasteiger partial charge on any atom is -0.481 e. The fourth-order valence-corrected chi connectivity index (χ4v) is 3.26. The number of carbonyl (C=O) groups is 1. The number of halogens is 3. The molecule has 32 heavy (non-hydrogen) atoms. The summed E-state index contributed by atoms with van der Waals surface area (Å²) in [5.74, 6) is -0.349. The van der Waals surface area contributed by atoms with E-state index in [1.165, 1.54) is 12.1 Å². The molecule has 0 spiro atoms. The highest BCUT2D eigenvalue weighted by Gasteiger charge is 2.31. The van der Waals surface area contributed by atoms with Crippen molar-refractivity contribution in [2.45, 2.75) is 44.2 Å². The summed E-state index contributed by atoms with van der Waals surface area (Å²) < 4.78 is 44.3. The van der Waals surface area contributed by atoms with Crippen molar-refractivity contribution in [2.75, 3.05) is 11.9 Å². The molecule has 2 aromatic heterocycles. The molecule has 0 aliphatic carbocycles. The molecule has 0 fully saturated rings. The quantitative estimate of drug-likeness (QED) is 0.409. The van der Waals surface area contributed by atoms with Crippen LogP contribution in [0, 0.1) is 0 Å². The van der Waals surface area contributed by atoms with Gasteiger partial charge in [-0.05, 0) is 36.6 Å². The Morgan fingerprint density at radius 3 is 2.72 bits per heavy atom. The number of benzene rings is 1. The molecule has 3 aromatic rings. The highest BCUT2D eigenvalue weighted by Crippen LogP contribution is 2.32. The van der Waals surface area contributed by atoms with Gasteiger partial charge in [-0.15, -0.1) is 0 Å². The van der Waals surface area contributed by atoms with Crippen molar-refractivity contribution in [3.8, 4) is 0 Å². The van der Waals surface area contributed by atoms with Gasteiger partial charge >= 0.3 is 12.1 Å². The van der Waals surface area contributed by atoms with Crippen molar-refractivity contribution in [3.63, 3.8) is 0 Å². The van der Waals surface area contributed by atoms with Gasteiger partial charge < -0.3 is 14.9 Å². The summed E-state index contributed by atoms with van der Waals surface area (Å²) in [6.45, 7) is 0.734. The van der Waals surface area contributed by atoms with Gasteiger partial charge in [-0.1, -0.05) is 29.4 Å². The van der Waals surface area contributed by atoms with E-state index in [1.807, 2.05) is 18.2 Å². The SMILES string of the molecule is O=C(O)CC(Cc1nc(CCCCNc2ccccn2)no1)c1cccc(C(F)(F)F)c1. The van der Waals surface area contributed by atoms with E-state index in [0.717, 1.165) is 37.3 Å². The average molecular weight is 448 g/mol. The Bertz CT molecular complexity index is 1010. The molecule has 1 aromatic carbocycles. The fourth-order valence-electron chi connectivity index (χ4n) is 3.26. The maximum atomic E-state index is 13.0. The van der Waals surface area contributed by atoms with Crippen molar-refractivity contribution in [3.05, 3.63) is 71.5 Å². The van der Waals surface area contributed by atoms with Crippen molar-refractivity contribution in [2.24, 2.45) is 0 Å². The first-order valence-electron chi connectivity index (χ1n) is 10.2. The number of unbranched alkanes of at least 4 members (excludes halogenated alkanes) is 1. The van der Waals surface area contributed by atoms with Gasteiger partial charge in [0.25, 0.3) is 0 Å². The molecule has 1 atom stereocenters. The minimum atomic E-state index is -4.51. The van der Waals surface area contributed by atoms with Crippen LogP contribution in [-0.2, 0) is 23.8 Å². The predicted octanol–water partition coefficient (Wildman–Crippen LogP) is 4.72. The molecule has 0 aliphatic rings. The highest BCUT2D eigenvalue weighted by molar-refractivity contribution is 5.68. The van der Waals surface area contributed by atoms with Crippen LogP contribution in [0.25, 0.3) is 0 Å². The third kappa shape index (κ3) is 7.07. The molecule has 0 radical (unpaired) electrons. The molecular weight excluding hydrogens is 425 g/mol. The van der Waals surface area contributed by atoms with Crippen LogP contribution >= 0.6 is 0 Å². The minimum absolute atomic E-state index is 0.0435. The topological polar surface area (TPSA) is 101 Å². The monoisotopic (exact) mass is 448 g/mol. The van der Waals surface area contributed by atoms with Crippen LogP contribution in [0.2, 0.25) is 0 Å². The first kappa shape index (κ1) is 23.2. The summed E-state index contributed by atoms with van der Waals surface area (Å²) in [5.41, 5.74) is -0.557. The van der Waals surface area contributed by atoms with E-state index < -0.39 is 23.6 Å². The number of carboxylic acids is 1. The van der Waals surface area contributed by atoms with Gasteiger partial charge in [-0.3, -0.25) is 4.79 Å². The van der Waals surface area contributed by atoms with Crippen LogP contribution in [0.15, 0.2) is 53.2 Å². The number of hydrogen-bond acceptors (Lipinski definition) is 6. The molecule has 0 aliphatic heterocycles. The zero-order chi connectivity index (χ0) is 23.0. The van der Waals surface area contributed by atoms with Crippen LogP contribution < -0.4 is 5.32 Å². The lowest BCUT2D eigenvalue weighted by Gasteiger charge is -2.15. The maximum Gasteiger partial charge on any atom is 0.416 e. The Labute approximate surface area is 182 Å². The number of rotatable bonds is 11. The summed E-state index contributed by atoms with van der Waals surface area (Å²) in [7, 11) is 0. The number of nitrogens with zero attached hydrogens (tertiary/aromatic N) is 3. The Balaban J connectivity index is 1.55. The molecule has 0 bridgehead atoms. The number of hydrogen-bond donors (Lipinski definition) is 2. The number of aryl methyl sites for hydroxylation is 1. The normalized spacial score (nSPS) is 12.5. The first-order valence-corrected chi connectivity index (χ1v) is 10.2. The van der Waals surface area contributed by atoms with Crippen LogP contribution in [0.3, 0.4) is 0 Å². The van der Waals surface area contributed by atoms with Crippen molar-refractivity contribution < 1.29 is 27.6 Å². The van der Waals surface area contributed by atoms with Gasteiger partial charge in [-0.2, -0.15) is 18.2 Å². The van der Waals surface area contributed by atoms with Gasteiger partial charge in [0.05, 0.1) is 12.0 Å². The lowest BCUT2D eigenvalue weighted by molar-refractivity contribution is -0.138. The Kier molecular flexibility index (Phi) is 7.80. The molecule has 170 valence electrons. The van der Waals surface area contributed by atoms with Crippen molar-refractivity contribution >= 4 is 11.8 Å². The van der Waals surface area contributed by atoms with E-state index in [-0.39, 0.29) is 24.3 Å². The van der Waals surface area contributed by atoms with Gasteiger partial charge in [0.15, 0.2) is 5.82 Å². The molecule has 3 rings (SSSR count). The molecular formula is C22H23F3N4O3. The second kappa shape index (κ2) is 10.7. The number of carboxylic acid groups (broad SMARTS) is 1. The number of alkyl halides is 3. The number of aromatic nitrogens is 3. The molecule has 10 heteroatoms. The predicted molar refractivity (Wildman–Crippen MR) is 110 cm³/mol. The van der Waals surface area contributed by atoms with Crippen LogP contribution in [0.4, 0.5) is 19.0 Å². The molecule has 2 heterocycles. The van der Waals surface area contributed by atoms with Gasteiger partial charge in [0.2, 0.25) is 5.89 Å². The van der Waals surface area contributed by atoms with E-state index >= 15 is 0 Å². The number of pyridine rings is 1. The van der Waals surface area contributed by atoms with E-state index in [9.17, 15) is 23.1 Å². The third-order valence-corrected chi connectivity index (χ3v) is 4.84. The maximum absolute atomic E-state index is 13.0. The van der Waals surface area contributed by atoms with E-state index in [4.69, 9.17) is 4.52 Å². The summed E-state index contributed by atoms with van der Waals surface area (Å²) in [6.07, 6.45) is -0.884. The number of aliphatic carboxylic acids is 1. The van der Waals surface area contributed by atoms with Crippen LogP contribution in [0.1, 0.15) is 48.0 Å². The summed E-state index contributed by atoms with van der Waals surface area (Å²) >= 11 is 0. The van der Waals surface area contributed by atoms with Crippen LogP contribution in [-0.4, -0.2) is 32.7 Å². The summed E-state index contributed by atoms with van der Waals surface area (Å²) in [6, 6.07) is 10.3. The molecule has 7 nitrogen and oxygen atoms in total. The van der Waals surface area contributed by atoms with Gasteiger partial charge in [0.1, 0.15) is 5.82 Å². The molecule has 1 unspecified atom stereocenters. The number of anilines is 1. The molecule has 0 saturated heterocycles. The fraction of sp³-hybridized carbons (Fsp3) is 0.364. The smallest absolute Gasteiger partial charge is 0.416 e. The number of nitrogens with one attached hydrogen (secondary N) is 1. The Morgan fingerprint density at radius 2 is 2.00 bits per heavy atom. The summed E-state index contributed by atoms with van der Waals surface area (Å²) in [4.78, 5) is 19.7. The van der Waals surface area contributed by atoms with Crippen LogP contribution in [0.5, 0.6) is 0 Å². The molecule has 0 amide bonds. The average Bonchev–Trinajstić information content (AvgIpc) is 3.20. The first-order chi connectivity index (χ1) is 15.3. The van der Waals surface area contributed by atoms with Gasteiger partial charge in [-0.25, -0.2) is 4.98 Å². The second-order valence-corrected chi connectivity index (χ2v) is 7.33. The summed E-state index contributed by atoms with van der Waals surface area (Å²) in [5, 5.41) is 16.3. The lowest BCUT2D eigenvalue weighted by atomic mass is 9.91. The standard InChI is InChI=1S/C22H23F3N4O3/c23-22(24,25)17-7-5-6-15(12-17)16(14-21(30)31)13-20-28-19(29-32-20)9-2-4-11-27-18-8-1-3-10-26-18/h1,3,5-8,10,12,16H,2,4,9,11,13-14H2,(H,26,27)(H,30,31). The largest absolute Gasteiger partial charge is 0.481 e. The lowest BCUT2D eigenvalue weighted by Crippen LogP contribution is -2.12. The Morgan fingerprint density at radius 1 is 1.16 bits per heavy atom. The van der Waals surface area contributed by atoms with E-state index in [2.05, 4.69) is 20.4 Å². The van der Waals surface area contributed by atoms with Crippen molar-refractivity contribution in [1.82, 2.24) is 15.1 Å². The third-order valence-electron chi connectivity index (χ3n) is 4.84. The molecule has 2 N–H and O–H groups in total. The van der Waals surface area contributed by atoms with Crippen molar-refractivity contribution in [1.29, 1.82) is 0 Å². The zero-order valence-corrected chi connectivity index (χ0v) is 17.2. The Hall–Kier alpha value is -3.43. The highest BCUT2D eigenvalue weighted by atomic mass is 19.4. The second-order valence-electron chi connectivity index (χ2n) is 7.33. The zero-order valence-electron chi connectivity index (χ0n) is 17.2.